The molecule has 2 heterocycles. The van der Waals surface area contributed by atoms with Gasteiger partial charge >= 0.3 is 7.12 Å². The van der Waals surface area contributed by atoms with E-state index in [0.717, 1.165) is 16.5 Å². The van der Waals surface area contributed by atoms with Crippen LogP contribution in [-0.2, 0) is 9.31 Å². The molecule has 1 aliphatic heterocycles. The molecule has 0 amide bonds. The second-order valence-corrected chi connectivity index (χ2v) is 6.89. The van der Waals surface area contributed by atoms with E-state index in [0.29, 0.717) is 5.47 Å². The lowest BCUT2D eigenvalue weighted by Crippen LogP contribution is -2.41. The van der Waals surface area contributed by atoms with Crippen molar-refractivity contribution in [2.75, 3.05) is 6.61 Å². The fourth-order valence-electron chi connectivity index (χ4n) is 2.63. The number of rotatable bonds is 3. The Balaban J connectivity index is 1.99. The van der Waals surface area contributed by atoms with E-state index in [9.17, 15) is 5.11 Å². The minimum Gasteiger partial charge on any atom is -0.400 e. The Bertz CT molecular complexity index is 734. The molecule has 0 aliphatic carbocycles. The Morgan fingerprint density at radius 2 is 1.78 bits per heavy atom. The number of hydrogen-bond acceptors (Lipinski definition) is 4. The van der Waals surface area contributed by atoms with Crippen LogP contribution in [0.4, 0.5) is 0 Å². The maximum absolute atomic E-state index is 9.81. The van der Waals surface area contributed by atoms with Crippen LogP contribution in [0, 0.1) is 0 Å². The number of para-hydroxylation sites is 1. The Morgan fingerprint density at radius 3 is 2.43 bits per heavy atom. The largest absolute Gasteiger partial charge is 0.492 e. The number of aliphatic hydroxyl groups is 1. The van der Waals surface area contributed by atoms with Crippen LogP contribution < -0.4 is 0 Å². The zero-order valence-corrected chi connectivity index (χ0v) is 14.0. The summed E-state index contributed by atoms with van der Waals surface area (Å²) in [6.45, 7) is 7.88. The smallest absolute Gasteiger partial charge is 0.400 e. The predicted octanol–water partition coefficient (Wildman–Crippen LogP) is 3.24. The van der Waals surface area contributed by atoms with Crippen molar-refractivity contribution in [2.24, 2.45) is 0 Å². The average Bonchev–Trinajstić information content (AvgIpc) is 2.73. The summed E-state index contributed by atoms with van der Waals surface area (Å²) in [6, 6.07) is 9.92. The first kappa shape index (κ1) is 16.2. The van der Waals surface area contributed by atoms with Crippen LogP contribution in [0.5, 0.6) is 0 Å². The third-order valence-electron chi connectivity index (χ3n) is 4.74. The molecule has 4 nitrogen and oxygen atoms in total. The van der Waals surface area contributed by atoms with Gasteiger partial charge in [-0.3, -0.25) is 4.98 Å². The van der Waals surface area contributed by atoms with Gasteiger partial charge < -0.3 is 14.4 Å². The van der Waals surface area contributed by atoms with Gasteiger partial charge in [0, 0.05) is 17.1 Å². The van der Waals surface area contributed by atoms with Crippen LogP contribution in [0.2, 0.25) is 0 Å². The van der Waals surface area contributed by atoms with Gasteiger partial charge in [0.1, 0.15) is 0 Å². The molecule has 0 bridgehead atoms. The van der Waals surface area contributed by atoms with E-state index < -0.39 is 18.3 Å². The second kappa shape index (κ2) is 5.75. The van der Waals surface area contributed by atoms with Gasteiger partial charge in [-0.05, 0) is 39.2 Å². The van der Waals surface area contributed by atoms with Crippen LogP contribution >= 0.6 is 0 Å². The van der Waals surface area contributed by atoms with Gasteiger partial charge in [0.05, 0.1) is 23.3 Å². The fraction of sp³-hybridized carbons (Fsp3) is 0.389. The highest BCUT2D eigenvalue weighted by atomic mass is 16.7. The predicted molar refractivity (Wildman–Crippen MR) is 92.9 cm³/mol. The zero-order valence-electron chi connectivity index (χ0n) is 14.0. The molecule has 1 aromatic carbocycles. The Labute approximate surface area is 137 Å². The van der Waals surface area contributed by atoms with Crippen LogP contribution in [0.25, 0.3) is 17.0 Å². The van der Waals surface area contributed by atoms with Crippen molar-refractivity contribution in [2.45, 2.75) is 38.9 Å². The van der Waals surface area contributed by atoms with Crippen molar-refractivity contribution in [3.8, 4) is 0 Å². The zero-order chi connectivity index (χ0) is 16.7. The van der Waals surface area contributed by atoms with E-state index in [4.69, 9.17) is 9.31 Å². The van der Waals surface area contributed by atoms with Gasteiger partial charge in [0.2, 0.25) is 0 Å². The molecule has 3 rings (SSSR count). The van der Waals surface area contributed by atoms with Gasteiger partial charge in [0.15, 0.2) is 0 Å². The van der Waals surface area contributed by atoms with Crippen molar-refractivity contribution in [3.05, 3.63) is 47.6 Å². The van der Waals surface area contributed by atoms with E-state index in [-0.39, 0.29) is 6.61 Å². The van der Waals surface area contributed by atoms with E-state index in [1.165, 1.54) is 0 Å². The number of pyridine rings is 1. The summed E-state index contributed by atoms with van der Waals surface area (Å²) in [5, 5.41) is 10.9. The van der Waals surface area contributed by atoms with Crippen LogP contribution in [-0.4, -0.2) is 35.0 Å². The third-order valence-corrected chi connectivity index (χ3v) is 4.74. The van der Waals surface area contributed by atoms with Crippen LogP contribution in [0.1, 0.15) is 33.3 Å². The molecule has 0 saturated carbocycles. The molecule has 0 spiro atoms. The lowest BCUT2D eigenvalue weighted by molar-refractivity contribution is 0.00578. The molecule has 2 aromatic rings. The lowest BCUT2D eigenvalue weighted by Gasteiger charge is -2.32. The van der Waals surface area contributed by atoms with Crippen molar-refractivity contribution >= 4 is 24.1 Å². The van der Waals surface area contributed by atoms with Gasteiger partial charge in [-0.2, -0.15) is 0 Å². The maximum Gasteiger partial charge on any atom is 0.492 e. The number of hydrogen-bond donors (Lipinski definition) is 1. The molecule has 120 valence electrons. The lowest BCUT2D eigenvalue weighted by atomic mass is 9.77. The summed E-state index contributed by atoms with van der Waals surface area (Å²) in [5.41, 5.74) is 1.69. The highest BCUT2D eigenvalue weighted by Gasteiger charge is 2.52. The summed E-state index contributed by atoms with van der Waals surface area (Å²) in [4.78, 5) is 4.44. The fourth-order valence-corrected chi connectivity index (χ4v) is 2.63. The minimum atomic E-state index is -0.552. The number of aromatic nitrogens is 1. The van der Waals surface area contributed by atoms with Crippen molar-refractivity contribution in [3.63, 3.8) is 0 Å². The molecule has 1 aliphatic rings. The van der Waals surface area contributed by atoms with Crippen LogP contribution in [0.3, 0.4) is 0 Å². The summed E-state index contributed by atoms with van der Waals surface area (Å²) >= 11 is 0. The highest BCUT2D eigenvalue weighted by Crippen LogP contribution is 2.38. The normalized spacial score (nSPS) is 20.2. The third kappa shape index (κ3) is 2.92. The van der Waals surface area contributed by atoms with E-state index in [1.807, 2.05) is 64.1 Å². The summed E-state index contributed by atoms with van der Waals surface area (Å²) < 4.78 is 12.1. The molecule has 1 saturated heterocycles. The molecule has 0 atom stereocenters. The van der Waals surface area contributed by atoms with Crippen molar-refractivity contribution < 1.29 is 14.4 Å². The average molecular weight is 311 g/mol. The summed E-state index contributed by atoms with van der Waals surface area (Å²) in [6.07, 6.45) is 3.69. The number of benzene rings is 1. The number of aliphatic hydroxyl groups excluding tert-OH is 1. The van der Waals surface area contributed by atoms with E-state index >= 15 is 0 Å². The van der Waals surface area contributed by atoms with Gasteiger partial charge in [-0.25, -0.2) is 0 Å². The van der Waals surface area contributed by atoms with E-state index in [1.54, 1.807) is 6.20 Å². The molecular weight excluding hydrogens is 289 g/mol. The Kier molecular flexibility index (Phi) is 4.04. The number of nitrogens with zero attached hydrogens (tertiary/aromatic N) is 1. The summed E-state index contributed by atoms with van der Waals surface area (Å²) in [7, 11) is -0.552. The topological polar surface area (TPSA) is 51.6 Å². The molecule has 0 unspecified atom stereocenters. The molecule has 0 radical (unpaired) electrons. The first-order chi connectivity index (χ1) is 10.8. The van der Waals surface area contributed by atoms with Gasteiger partial charge in [-0.1, -0.05) is 30.3 Å². The van der Waals surface area contributed by atoms with Gasteiger partial charge in [-0.15, -0.1) is 0 Å². The number of fused-ring (bicyclic) bond motifs is 1. The molecular formula is C18H22BNO3. The van der Waals surface area contributed by atoms with Crippen molar-refractivity contribution in [1.82, 2.24) is 4.98 Å². The maximum atomic E-state index is 9.81. The van der Waals surface area contributed by atoms with E-state index in [2.05, 4.69) is 4.98 Å². The molecule has 1 aromatic heterocycles. The molecule has 1 N–H and O–H groups in total. The van der Waals surface area contributed by atoms with Crippen molar-refractivity contribution in [1.29, 1.82) is 0 Å². The highest BCUT2D eigenvalue weighted by molar-refractivity contribution is 6.55. The quantitative estimate of drug-likeness (QED) is 0.884. The summed E-state index contributed by atoms with van der Waals surface area (Å²) in [5.74, 6) is 0. The monoisotopic (exact) mass is 311 g/mol. The minimum absolute atomic E-state index is 0.125. The molecule has 23 heavy (non-hydrogen) atoms. The Morgan fingerprint density at radius 1 is 1.13 bits per heavy atom. The molecule has 5 heteroatoms. The SMILES string of the molecule is CC1(C)OB(C(=Cc2cccc3cccnc23)CO)OC1(C)C. The second-order valence-electron chi connectivity index (χ2n) is 6.89. The Hall–Kier alpha value is -1.69. The molecule has 1 fully saturated rings. The first-order valence-corrected chi connectivity index (χ1v) is 7.85. The standard InChI is InChI=1S/C18H22BNO3/c1-17(2)18(3,4)23-19(22-17)15(12-21)11-14-8-5-7-13-9-6-10-20-16(13)14/h5-11,21H,12H2,1-4H3. The van der Waals surface area contributed by atoms with Gasteiger partial charge in [0.25, 0.3) is 0 Å². The first-order valence-electron chi connectivity index (χ1n) is 7.85. The van der Waals surface area contributed by atoms with Crippen LogP contribution in [0.15, 0.2) is 42.0 Å².